The minimum absolute atomic E-state index is 0.120. The Morgan fingerprint density at radius 1 is 1.19 bits per heavy atom. The van der Waals surface area contributed by atoms with Gasteiger partial charge in [0, 0.05) is 50.7 Å². The van der Waals surface area contributed by atoms with Crippen molar-refractivity contribution in [3.8, 4) is 0 Å². The average molecular weight is 421 g/mol. The first-order valence-corrected chi connectivity index (χ1v) is 10.7. The number of amides is 2. The SMILES string of the molecule is CCOCCC(=O)C1CC(c2ccc(NC(=O)N3Cc4ccncc4C3)cc2)=CCN1. The van der Waals surface area contributed by atoms with E-state index in [1.54, 1.807) is 11.1 Å². The summed E-state index contributed by atoms with van der Waals surface area (Å²) in [5.41, 5.74) is 5.21. The number of ketones is 1. The smallest absolute Gasteiger partial charge is 0.322 e. The lowest BCUT2D eigenvalue weighted by Crippen LogP contribution is -2.40. The first kappa shape index (κ1) is 21.2. The van der Waals surface area contributed by atoms with E-state index in [4.69, 9.17) is 4.74 Å². The van der Waals surface area contributed by atoms with E-state index >= 15 is 0 Å². The molecule has 1 unspecified atom stereocenters. The average Bonchev–Trinajstić information content (AvgIpc) is 3.24. The molecule has 2 aliphatic heterocycles. The van der Waals surface area contributed by atoms with Gasteiger partial charge in [-0.05, 0) is 53.8 Å². The summed E-state index contributed by atoms with van der Waals surface area (Å²) in [5, 5.41) is 6.24. The molecule has 3 heterocycles. The number of ether oxygens (including phenoxy) is 1. The topological polar surface area (TPSA) is 83.6 Å². The predicted octanol–water partition coefficient (Wildman–Crippen LogP) is 3.37. The van der Waals surface area contributed by atoms with Crippen LogP contribution in [0.15, 0.2) is 48.8 Å². The molecule has 31 heavy (non-hydrogen) atoms. The Kier molecular flexibility index (Phi) is 6.74. The molecule has 0 radical (unpaired) electrons. The van der Waals surface area contributed by atoms with Gasteiger partial charge in [-0.15, -0.1) is 0 Å². The normalized spacial score (nSPS) is 17.8. The third kappa shape index (κ3) is 5.18. The Labute approximate surface area is 182 Å². The van der Waals surface area contributed by atoms with Crippen LogP contribution in [0.25, 0.3) is 5.57 Å². The van der Waals surface area contributed by atoms with Gasteiger partial charge < -0.3 is 20.3 Å². The number of carbonyl (C=O) groups excluding carboxylic acids is 2. The highest BCUT2D eigenvalue weighted by Gasteiger charge is 2.24. The molecule has 162 valence electrons. The zero-order valence-electron chi connectivity index (χ0n) is 17.8. The maximum atomic E-state index is 12.6. The van der Waals surface area contributed by atoms with Crippen molar-refractivity contribution in [1.29, 1.82) is 0 Å². The van der Waals surface area contributed by atoms with Gasteiger partial charge >= 0.3 is 6.03 Å². The number of nitrogens with one attached hydrogen (secondary N) is 2. The van der Waals surface area contributed by atoms with Crippen LogP contribution in [0.5, 0.6) is 0 Å². The van der Waals surface area contributed by atoms with Crippen LogP contribution in [-0.2, 0) is 22.6 Å². The van der Waals surface area contributed by atoms with Gasteiger partial charge in [-0.2, -0.15) is 0 Å². The Hall–Kier alpha value is -3.03. The van der Waals surface area contributed by atoms with E-state index in [1.165, 1.54) is 0 Å². The van der Waals surface area contributed by atoms with Crippen molar-refractivity contribution >= 4 is 23.1 Å². The lowest BCUT2D eigenvalue weighted by atomic mass is 9.92. The third-order valence-electron chi connectivity index (χ3n) is 5.74. The molecule has 4 rings (SSSR count). The molecule has 2 amide bonds. The van der Waals surface area contributed by atoms with Gasteiger partial charge in [0.15, 0.2) is 5.78 Å². The maximum Gasteiger partial charge on any atom is 0.322 e. The monoisotopic (exact) mass is 420 g/mol. The number of benzene rings is 1. The van der Waals surface area contributed by atoms with E-state index in [0.29, 0.717) is 45.7 Å². The maximum absolute atomic E-state index is 12.6. The lowest BCUT2D eigenvalue weighted by Gasteiger charge is -2.24. The number of Topliss-reactive ketones (excluding diaryl/α,β-unsaturated/α-hetero) is 1. The lowest BCUT2D eigenvalue weighted by molar-refractivity contribution is -0.122. The van der Waals surface area contributed by atoms with Crippen molar-refractivity contribution in [2.75, 3.05) is 25.1 Å². The highest BCUT2D eigenvalue weighted by molar-refractivity contribution is 5.90. The second-order valence-electron chi connectivity index (χ2n) is 7.82. The fourth-order valence-electron chi connectivity index (χ4n) is 3.99. The molecule has 7 heteroatoms. The molecule has 1 aromatic carbocycles. The molecular formula is C24H28N4O3. The predicted molar refractivity (Wildman–Crippen MR) is 119 cm³/mol. The second kappa shape index (κ2) is 9.85. The van der Waals surface area contributed by atoms with Crippen molar-refractivity contribution in [1.82, 2.24) is 15.2 Å². The van der Waals surface area contributed by atoms with Crippen LogP contribution < -0.4 is 10.6 Å². The molecule has 1 atom stereocenters. The molecule has 0 saturated carbocycles. The van der Waals surface area contributed by atoms with Crippen molar-refractivity contribution in [3.05, 3.63) is 65.5 Å². The van der Waals surface area contributed by atoms with Crippen LogP contribution in [0.2, 0.25) is 0 Å². The summed E-state index contributed by atoms with van der Waals surface area (Å²) >= 11 is 0. The molecule has 7 nitrogen and oxygen atoms in total. The number of nitrogens with zero attached hydrogens (tertiary/aromatic N) is 2. The molecule has 2 aromatic rings. The van der Waals surface area contributed by atoms with Gasteiger partial charge in [-0.3, -0.25) is 9.78 Å². The highest BCUT2D eigenvalue weighted by Crippen LogP contribution is 2.26. The van der Waals surface area contributed by atoms with Crippen LogP contribution in [-0.4, -0.2) is 47.5 Å². The summed E-state index contributed by atoms with van der Waals surface area (Å²) in [5.74, 6) is 0.185. The summed E-state index contributed by atoms with van der Waals surface area (Å²) in [6, 6.07) is 9.48. The molecular weight excluding hydrogens is 392 g/mol. The number of hydrogen-bond donors (Lipinski definition) is 2. The number of carbonyl (C=O) groups is 2. The molecule has 0 aliphatic carbocycles. The molecule has 0 fully saturated rings. The van der Waals surface area contributed by atoms with Crippen molar-refractivity contribution in [3.63, 3.8) is 0 Å². The Balaban J connectivity index is 1.32. The molecule has 2 aliphatic rings. The quantitative estimate of drug-likeness (QED) is 0.671. The van der Waals surface area contributed by atoms with E-state index in [-0.39, 0.29) is 17.9 Å². The minimum atomic E-state index is -0.175. The fourth-order valence-corrected chi connectivity index (χ4v) is 3.99. The number of aromatic nitrogens is 1. The van der Waals surface area contributed by atoms with E-state index < -0.39 is 0 Å². The van der Waals surface area contributed by atoms with Crippen molar-refractivity contribution in [2.24, 2.45) is 0 Å². The number of pyridine rings is 1. The van der Waals surface area contributed by atoms with Gasteiger partial charge in [0.2, 0.25) is 0 Å². The molecule has 0 saturated heterocycles. The highest BCUT2D eigenvalue weighted by atomic mass is 16.5. The van der Waals surface area contributed by atoms with Gasteiger partial charge in [-0.1, -0.05) is 18.2 Å². The van der Waals surface area contributed by atoms with Crippen molar-refractivity contribution in [2.45, 2.75) is 38.9 Å². The zero-order valence-corrected chi connectivity index (χ0v) is 17.8. The molecule has 0 spiro atoms. The number of fused-ring (bicyclic) bond motifs is 1. The van der Waals surface area contributed by atoms with Gasteiger partial charge in [-0.25, -0.2) is 4.79 Å². The Morgan fingerprint density at radius 3 is 2.77 bits per heavy atom. The minimum Gasteiger partial charge on any atom is -0.381 e. The first-order chi connectivity index (χ1) is 15.1. The van der Waals surface area contributed by atoms with E-state index in [1.807, 2.05) is 43.5 Å². The van der Waals surface area contributed by atoms with Gasteiger partial charge in [0.1, 0.15) is 0 Å². The largest absolute Gasteiger partial charge is 0.381 e. The summed E-state index contributed by atoms with van der Waals surface area (Å²) < 4.78 is 5.30. The third-order valence-corrected chi connectivity index (χ3v) is 5.74. The second-order valence-corrected chi connectivity index (χ2v) is 7.82. The van der Waals surface area contributed by atoms with Crippen LogP contribution in [0.1, 0.15) is 36.5 Å². The summed E-state index contributed by atoms with van der Waals surface area (Å²) in [6.45, 7) is 4.87. The van der Waals surface area contributed by atoms with E-state index in [9.17, 15) is 9.59 Å². The molecule has 1 aromatic heterocycles. The Bertz CT molecular complexity index is 946. The van der Waals surface area contributed by atoms with E-state index in [2.05, 4.69) is 21.7 Å². The van der Waals surface area contributed by atoms with Crippen molar-refractivity contribution < 1.29 is 14.3 Å². The van der Waals surface area contributed by atoms with Crippen LogP contribution in [0.3, 0.4) is 0 Å². The van der Waals surface area contributed by atoms with Crippen LogP contribution in [0, 0.1) is 0 Å². The standard InChI is InChI=1S/C24H28N4O3/c1-2-31-12-9-23(29)22-13-18(8-11-26-22)17-3-5-21(6-4-17)27-24(30)28-15-19-7-10-25-14-20(19)16-28/h3-8,10,14,22,26H,2,9,11-13,15-16H2,1H3,(H,27,30). The summed E-state index contributed by atoms with van der Waals surface area (Å²) in [7, 11) is 0. The summed E-state index contributed by atoms with van der Waals surface area (Å²) in [4.78, 5) is 30.9. The zero-order chi connectivity index (χ0) is 21.6. The number of urea groups is 1. The number of rotatable bonds is 7. The Morgan fingerprint density at radius 2 is 2.00 bits per heavy atom. The molecule has 0 bridgehead atoms. The number of anilines is 1. The number of hydrogen-bond acceptors (Lipinski definition) is 5. The fraction of sp³-hybridized carbons (Fsp3) is 0.375. The van der Waals surface area contributed by atoms with Crippen LogP contribution >= 0.6 is 0 Å². The van der Waals surface area contributed by atoms with Crippen LogP contribution in [0.4, 0.5) is 10.5 Å². The van der Waals surface area contributed by atoms with E-state index in [0.717, 1.165) is 28.0 Å². The summed E-state index contributed by atoms with van der Waals surface area (Å²) in [6.07, 6.45) is 6.79. The van der Waals surface area contributed by atoms with Gasteiger partial charge in [0.05, 0.1) is 12.6 Å². The molecule has 2 N–H and O–H groups in total. The first-order valence-electron chi connectivity index (χ1n) is 10.7. The van der Waals surface area contributed by atoms with Gasteiger partial charge in [0.25, 0.3) is 0 Å².